The normalized spacial score (nSPS) is 44.1. The SMILES string of the molecule is CC(C)C1CC2CCC(C1)[Xe]2. The first-order valence-corrected chi connectivity index (χ1v) is 7.18. The summed E-state index contributed by atoms with van der Waals surface area (Å²) < 4.78 is 2.43. The van der Waals surface area contributed by atoms with Gasteiger partial charge in [-0.2, -0.15) is 0 Å². The van der Waals surface area contributed by atoms with Gasteiger partial charge in [0.25, 0.3) is 0 Å². The summed E-state index contributed by atoms with van der Waals surface area (Å²) in [7, 11) is 0. The first kappa shape index (κ1) is 9.14. The van der Waals surface area contributed by atoms with Gasteiger partial charge in [0.1, 0.15) is 0 Å². The summed E-state index contributed by atoms with van der Waals surface area (Å²) in [6.45, 7) is 4.82. The molecule has 2 bridgehead atoms. The van der Waals surface area contributed by atoms with Gasteiger partial charge in [-0.15, -0.1) is 0 Å². The molecule has 0 N–H and O–H groups in total. The van der Waals surface area contributed by atoms with E-state index in [1.165, 1.54) is 0.772 Å². The standard InChI is InChI=1S/C10H18Xe/c1-7(2)8-5-9-3-4-10(6-8)11-9/h7-10H,3-6H2,1-2H3. The van der Waals surface area contributed by atoms with Gasteiger partial charge < -0.3 is 0 Å². The predicted molar refractivity (Wildman–Crippen MR) is 44.3 cm³/mol. The molecule has 2 aliphatic heterocycles. The number of hydrogen-bond donors (Lipinski definition) is 0. The van der Waals surface area contributed by atoms with E-state index in [1.807, 2.05) is 0 Å². The summed E-state index contributed by atoms with van der Waals surface area (Å²) in [5, 5.41) is 0. The molecule has 1 heteroatoms. The van der Waals surface area contributed by atoms with Crippen LogP contribution in [0.15, 0.2) is 0 Å². The second kappa shape index (κ2) is 3.75. The Bertz CT molecular complexity index is 130. The number of rotatable bonds is 1. The maximum atomic E-state index is 2.41. The van der Waals surface area contributed by atoms with Crippen molar-refractivity contribution in [2.24, 2.45) is 11.8 Å². The van der Waals surface area contributed by atoms with Gasteiger partial charge in [0.15, 0.2) is 0 Å². The molecule has 2 aliphatic rings. The van der Waals surface area contributed by atoms with Gasteiger partial charge in [-0.3, -0.25) is 0 Å². The van der Waals surface area contributed by atoms with E-state index in [9.17, 15) is 0 Å². The molecule has 0 aromatic rings. The summed E-state index contributed by atoms with van der Waals surface area (Å²) in [6.07, 6.45) is 6.36. The summed E-state index contributed by atoms with van der Waals surface area (Å²) in [5.41, 5.74) is 0. The summed E-state index contributed by atoms with van der Waals surface area (Å²) >= 11 is 0.816. The first-order chi connectivity index (χ1) is 5.25. The second-order valence-electron chi connectivity index (χ2n) is 4.33. The number of fused-ring (bicyclic) bond motifs is 2. The van der Waals surface area contributed by atoms with Crippen molar-refractivity contribution in [1.29, 1.82) is 0 Å². The molecule has 2 saturated heterocycles. The molecule has 0 aliphatic carbocycles. The third-order valence-corrected chi connectivity index (χ3v) is 7.18. The van der Waals surface area contributed by atoms with E-state index in [1.54, 1.807) is 25.7 Å². The fourth-order valence-corrected chi connectivity index (χ4v) is 6.78. The average Bonchev–Trinajstić information content (AvgIpc) is 2.30. The Labute approximate surface area is 94.8 Å². The van der Waals surface area contributed by atoms with Crippen molar-refractivity contribution < 1.29 is 44.2 Å². The zero-order valence-corrected chi connectivity index (χ0v) is 9.51. The van der Waals surface area contributed by atoms with Gasteiger partial charge in [0.2, 0.25) is 0 Å². The molecular formula is C10H18Xe. The predicted octanol–water partition coefficient (Wildman–Crippen LogP) is 3.51. The average molecular weight is 270 g/mol. The second-order valence-corrected chi connectivity index (χ2v) is 8.29. The molecule has 0 aromatic carbocycles. The van der Waals surface area contributed by atoms with Crippen LogP contribution in [-0.4, -0.2) is 0 Å². The van der Waals surface area contributed by atoms with E-state index < -0.39 is 0 Å². The van der Waals surface area contributed by atoms with Crippen LogP contribution in [-0.2, 0) is 0 Å². The minimum absolute atomic E-state index is 0.816. The molecule has 0 aromatic heterocycles. The summed E-state index contributed by atoms with van der Waals surface area (Å²) in [5.74, 6) is 2.05. The summed E-state index contributed by atoms with van der Waals surface area (Å²) in [6, 6.07) is 0. The molecule has 2 heterocycles. The van der Waals surface area contributed by atoms with Crippen LogP contribution in [0.1, 0.15) is 39.5 Å². The summed E-state index contributed by atoms with van der Waals surface area (Å²) in [4.78, 5) is 0. The van der Waals surface area contributed by atoms with Crippen LogP contribution in [0.4, 0.5) is 0 Å². The third-order valence-electron chi connectivity index (χ3n) is 3.16. The molecule has 11 heavy (non-hydrogen) atoms. The molecule has 0 spiro atoms. The van der Waals surface area contributed by atoms with Gasteiger partial charge >= 0.3 is 96.3 Å². The Morgan fingerprint density at radius 3 is 2.09 bits per heavy atom. The monoisotopic (exact) mass is 270 g/mol. The maximum absolute atomic E-state index is 2.41. The molecule has 2 fully saturated rings. The van der Waals surface area contributed by atoms with Crippen LogP contribution in [0, 0.1) is 56.0 Å². The molecule has 66 valence electrons. The van der Waals surface area contributed by atoms with Crippen LogP contribution >= 0.6 is 0 Å². The Balaban J connectivity index is 1.97. The van der Waals surface area contributed by atoms with Crippen LogP contribution in [0.2, 0.25) is 0.772 Å². The molecular weight excluding hydrogens is 251 g/mol. The van der Waals surface area contributed by atoms with Gasteiger partial charge in [-0.1, -0.05) is 0 Å². The van der Waals surface area contributed by atoms with Crippen molar-refractivity contribution in [2.45, 2.75) is 40.3 Å². The molecule has 0 saturated carbocycles. The third kappa shape index (κ3) is 2.08. The van der Waals surface area contributed by atoms with Crippen LogP contribution in [0.5, 0.6) is 0 Å². The Morgan fingerprint density at radius 1 is 1.09 bits per heavy atom. The molecule has 0 radical (unpaired) electrons. The van der Waals surface area contributed by atoms with E-state index in [0.717, 1.165) is 56.0 Å². The van der Waals surface area contributed by atoms with E-state index in [-0.39, 0.29) is 0 Å². The van der Waals surface area contributed by atoms with Crippen molar-refractivity contribution in [3.63, 3.8) is 0 Å². The van der Waals surface area contributed by atoms with Crippen molar-refractivity contribution in [3.05, 3.63) is 0 Å². The van der Waals surface area contributed by atoms with Crippen molar-refractivity contribution in [1.82, 2.24) is 0 Å². The quantitative estimate of drug-likeness (QED) is 0.683. The zero-order valence-electron chi connectivity index (χ0n) is 7.49. The van der Waals surface area contributed by atoms with Crippen molar-refractivity contribution >= 4 is 0 Å². The Kier molecular flexibility index (Phi) is 3.12. The molecule has 0 amide bonds. The van der Waals surface area contributed by atoms with Crippen LogP contribution < -0.4 is 0 Å². The van der Waals surface area contributed by atoms with Gasteiger partial charge in [-0.05, 0) is 0 Å². The Hall–Kier alpha value is 1.57. The fourth-order valence-electron chi connectivity index (χ4n) is 2.32. The minimum atomic E-state index is 0.816. The molecule has 0 nitrogen and oxygen atoms in total. The van der Waals surface area contributed by atoms with Crippen molar-refractivity contribution in [2.75, 3.05) is 0 Å². The van der Waals surface area contributed by atoms with Crippen LogP contribution in [0.25, 0.3) is 0 Å². The van der Waals surface area contributed by atoms with Gasteiger partial charge in [0, 0.05) is 0 Å². The molecule has 2 unspecified atom stereocenters. The van der Waals surface area contributed by atoms with Crippen molar-refractivity contribution in [3.8, 4) is 0 Å². The van der Waals surface area contributed by atoms with Gasteiger partial charge in [0.05, 0.1) is 0 Å². The number of hydrogen-bond acceptors (Lipinski definition) is 0. The van der Waals surface area contributed by atoms with Gasteiger partial charge in [-0.25, -0.2) is 0 Å². The Morgan fingerprint density at radius 2 is 1.64 bits per heavy atom. The van der Waals surface area contributed by atoms with E-state index >= 15 is 0 Å². The molecule has 2 rings (SSSR count). The zero-order chi connectivity index (χ0) is 7.84. The first-order valence-electron chi connectivity index (χ1n) is 4.85. The van der Waals surface area contributed by atoms with Crippen LogP contribution in [0.3, 0.4) is 0 Å². The van der Waals surface area contributed by atoms with E-state index in [0.29, 0.717) is 0 Å². The van der Waals surface area contributed by atoms with E-state index in [4.69, 9.17) is 0 Å². The fraction of sp³-hybridized carbons (Fsp3) is 1.00. The van der Waals surface area contributed by atoms with E-state index in [2.05, 4.69) is 13.8 Å². The molecule has 2 atom stereocenters. The topological polar surface area (TPSA) is 0 Å².